The summed E-state index contributed by atoms with van der Waals surface area (Å²) in [5, 5.41) is 9.57. The molecule has 0 bridgehead atoms. The van der Waals surface area contributed by atoms with E-state index in [9.17, 15) is 41.8 Å². The van der Waals surface area contributed by atoms with Crippen LogP contribution in [0.4, 0.5) is 17.6 Å². The Hall–Kier alpha value is -3.64. The second kappa shape index (κ2) is 13.2. The van der Waals surface area contributed by atoms with Crippen LogP contribution in [0.2, 0.25) is 0 Å². The van der Waals surface area contributed by atoms with Gasteiger partial charge in [-0.3, -0.25) is 9.59 Å². The van der Waals surface area contributed by atoms with E-state index in [1.165, 1.54) is 45.0 Å². The van der Waals surface area contributed by atoms with Crippen LogP contribution in [0.1, 0.15) is 32.8 Å². The number of ketones is 1. The van der Waals surface area contributed by atoms with Gasteiger partial charge in [-0.05, 0) is 38.5 Å². The molecule has 1 aliphatic heterocycles. The molecule has 0 amide bonds. The van der Waals surface area contributed by atoms with Crippen LogP contribution in [0.3, 0.4) is 0 Å². The summed E-state index contributed by atoms with van der Waals surface area (Å²) in [5.74, 6) is -5.98. The van der Waals surface area contributed by atoms with E-state index >= 15 is 0 Å². The Balaban J connectivity index is 2.85. The highest BCUT2D eigenvalue weighted by Crippen LogP contribution is 2.43. The van der Waals surface area contributed by atoms with Gasteiger partial charge in [0, 0.05) is 19.4 Å². The number of allylic oxidation sites excluding steroid dienone is 1. The number of Topliss-reactive ketones (excluding diaryl/α,β-unsaturated/α-hetero) is 1. The van der Waals surface area contributed by atoms with E-state index < -0.39 is 72.2 Å². The maximum atomic E-state index is 14.5. The van der Waals surface area contributed by atoms with E-state index in [0.29, 0.717) is 10.5 Å². The quantitative estimate of drug-likeness (QED) is 0.182. The molecule has 1 aromatic rings. The van der Waals surface area contributed by atoms with E-state index in [1.807, 2.05) is 0 Å². The fourth-order valence-electron chi connectivity index (χ4n) is 4.22. The monoisotopic (exact) mass is 547 g/mol. The van der Waals surface area contributed by atoms with Gasteiger partial charge in [-0.25, -0.2) is 27.2 Å². The zero-order chi connectivity index (χ0) is 28.6. The van der Waals surface area contributed by atoms with Crippen molar-refractivity contribution < 1.29 is 56.1 Å². The lowest BCUT2D eigenvalue weighted by atomic mass is 9.73. The second-order valence-corrected chi connectivity index (χ2v) is 8.30. The highest BCUT2D eigenvalue weighted by Gasteiger charge is 2.58. The molecule has 0 spiro atoms. The standard InChI is InChI=1S/C25H29F4NO8/c1-4-36-22(33)16-12-25(19(32)21(28)29,24(35)38-6-3)13-30(18(16)20(26)27)17(23(34)37-5-2)11-14-7-9-15(31)10-8-14/h7-10,17,20-21,31H,4-6,11-13H2,1-3H3. The van der Waals surface area contributed by atoms with Gasteiger partial charge in [-0.2, -0.15) is 0 Å². The predicted octanol–water partition coefficient (Wildman–Crippen LogP) is 3.04. The Morgan fingerprint density at radius 1 is 0.947 bits per heavy atom. The van der Waals surface area contributed by atoms with Crippen molar-refractivity contribution in [3.8, 4) is 5.75 Å². The molecular weight excluding hydrogens is 518 g/mol. The number of aromatic hydroxyl groups is 1. The molecule has 38 heavy (non-hydrogen) atoms. The molecule has 1 heterocycles. The van der Waals surface area contributed by atoms with Gasteiger partial charge in [0.2, 0.25) is 5.78 Å². The number of benzene rings is 1. The summed E-state index contributed by atoms with van der Waals surface area (Å²) in [4.78, 5) is 52.3. The average molecular weight is 547 g/mol. The Morgan fingerprint density at radius 2 is 1.53 bits per heavy atom. The Bertz CT molecular complexity index is 1060. The van der Waals surface area contributed by atoms with Gasteiger partial charge in [0.1, 0.15) is 11.8 Å². The summed E-state index contributed by atoms with van der Waals surface area (Å²) < 4.78 is 71.5. The first-order chi connectivity index (χ1) is 17.9. The van der Waals surface area contributed by atoms with Crippen LogP contribution in [0.15, 0.2) is 35.5 Å². The number of halogens is 4. The highest BCUT2D eigenvalue weighted by molar-refractivity contribution is 6.08. The van der Waals surface area contributed by atoms with Gasteiger partial charge in [0.25, 0.3) is 12.9 Å². The van der Waals surface area contributed by atoms with Crippen molar-refractivity contribution >= 4 is 23.7 Å². The fourth-order valence-corrected chi connectivity index (χ4v) is 4.22. The molecule has 1 aliphatic rings. The number of phenolic OH excluding ortho intramolecular Hbond substituents is 1. The first-order valence-electron chi connectivity index (χ1n) is 11.8. The molecule has 0 radical (unpaired) electrons. The lowest BCUT2D eigenvalue weighted by molar-refractivity contribution is -0.169. The van der Waals surface area contributed by atoms with E-state index in [0.717, 1.165) is 0 Å². The number of rotatable bonds is 12. The number of carbonyl (C=O) groups excluding carboxylic acids is 4. The molecule has 13 heteroatoms. The molecule has 1 N–H and O–H groups in total. The van der Waals surface area contributed by atoms with E-state index in [2.05, 4.69) is 0 Å². The fraction of sp³-hybridized carbons (Fsp3) is 0.520. The summed E-state index contributed by atoms with van der Waals surface area (Å²) in [6, 6.07) is 3.61. The van der Waals surface area contributed by atoms with Crippen molar-refractivity contribution in [3.63, 3.8) is 0 Å². The van der Waals surface area contributed by atoms with Gasteiger partial charge >= 0.3 is 17.9 Å². The van der Waals surface area contributed by atoms with E-state index in [1.54, 1.807) is 0 Å². The molecule has 0 aromatic heterocycles. The summed E-state index contributed by atoms with van der Waals surface area (Å²) >= 11 is 0. The number of hydrogen-bond donors (Lipinski definition) is 1. The van der Waals surface area contributed by atoms with Crippen molar-refractivity contribution in [1.29, 1.82) is 0 Å². The maximum Gasteiger partial charge on any atom is 0.336 e. The first-order valence-corrected chi connectivity index (χ1v) is 11.8. The molecule has 0 saturated carbocycles. The third-order valence-corrected chi connectivity index (χ3v) is 5.90. The molecule has 0 aliphatic carbocycles. The molecule has 0 fully saturated rings. The third kappa shape index (κ3) is 6.62. The van der Waals surface area contributed by atoms with Crippen molar-refractivity contribution in [1.82, 2.24) is 4.90 Å². The van der Waals surface area contributed by atoms with Gasteiger partial charge < -0.3 is 24.2 Å². The summed E-state index contributed by atoms with van der Waals surface area (Å²) in [7, 11) is 0. The zero-order valence-corrected chi connectivity index (χ0v) is 21.0. The minimum absolute atomic E-state index is 0.124. The minimum Gasteiger partial charge on any atom is -0.508 e. The Labute approximate surface area is 216 Å². The predicted molar refractivity (Wildman–Crippen MR) is 123 cm³/mol. The SMILES string of the molecule is CCOC(=O)C1=C(C(F)F)N(C(Cc2ccc(O)cc2)C(=O)OCC)CC(C(=O)OCC)(C(=O)C(F)F)C1. The molecule has 0 saturated heterocycles. The summed E-state index contributed by atoms with van der Waals surface area (Å²) in [6.45, 7) is 2.24. The van der Waals surface area contributed by atoms with Crippen molar-refractivity contribution in [2.75, 3.05) is 26.4 Å². The van der Waals surface area contributed by atoms with E-state index in [-0.39, 0.29) is 32.0 Å². The minimum atomic E-state index is -3.73. The van der Waals surface area contributed by atoms with Crippen LogP contribution in [0.25, 0.3) is 0 Å². The number of alkyl halides is 4. The van der Waals surface area contributed by atoms with Crippen LogP contribution in [0.5, 0.6) is 5.75 Å². The number of hydrogen-bond acceptors (Lipinski definition) is 9. The van der Waals surface area contributed by atoms with E-state index in [4.69, 9.17) is 14.2 Å². The number of phenols is 1. The summed E-state index contributed by atoms with van der Waals surface area (Å²) in [6.07, 6.45) is -8.67. The number of ether oxygens (including phenoxy) is 3. The molecule has 2 unspecified atom stereocenters. The lowest BCUT2D eigenvalue weighted by Crippen LogP contribution is -2.59. The van der Waals surface area contributed by atoms with Crippen LogP contribution in [0, 0.1) is 5.41 Å². The van der Waals surface area contributed by atoms with Gasteiger partial charge in [0.05, 0.1) is 31.1 Å². The largest absolute Gasteiger partial charge is 0.508 e. The molecule has 2 rings (SSSR count). The summed E-state index contributed by atoms with van der Waals surface area (Å²) in [5.41, 5.74) is -4.43. The number of nitrogens with zero attached hydrogens (tertiary/aromatic N) is 1. The number of esters is 3. The normalized spacial score (nSPS) is 18.4. The number of carbonyl (C=O) groups is 4. The van der Waals surface area contributed by atoms with Gasteiger partial charge in [-0.15, -0.1) is 0 Å². The topological polar surface area (TPSA) is 119 Å². The smallest absolute Gasteiger partial charge is 0.336 e. The average Bonchev–Trinajstić information content (AvgIpc) is 2.87. The lowest BCUT2D eigenvalue weighted by Gasteiger charge is -2.44. The van der Waals surface area contributed by atoms with Crippen molar-refractivity contribution in [2.24, 2.45) is 5.41 Å². The maximum absolute atomic E-state index is 14.5. The van der Waals surface area contributed by atoms with Crippen LogP contribution in [-0.2, 0) is 39.8 Å². The molecule has 1 aromatic carbocycles. The molecule has 210 valence electrons. The van der Waals surface area contributed by atoms with Gasteiger partial charge in [-0.1, -0.05) is 12.1 Å². The second-order valence-electron chi connectivity index (χ2n) is 8.30. The van der Waals surface area contributed by atoms with Crippen LogP contribution < -0.4 is 0 Å². The van der Waals surface area contributed by atoms with Gasteiger partial charge in [0.15, 0.2) is 5.41 Å². The third-order valence-electron chi connectivity index (χ3n) is 5.90. The van der Waals surface area contributed by atoms with Crippen molar-refractivity contribution in [3.05, 3.63) is 41.1 Å². The molecule has 9 nitrogen and oxygen atoms in total. The Morgan fingerprint density at radius 3 is 2.03 bits per heavy atom. The molecule has 2 atom stereocenters. The van der Waals surface area contributed by atoms with Crippen molar-refractivity contribution in [2.45, 2.75) is 52.5 Å². The van der Waals surface area contributed by atoms with Crippen LogP contribution >= 0.6 is 0 Å². The molecular formula is C25H29F4NO8. The van der Waals surface area contributed by atoms with Crippen LogP contribution in [-0.4, -0.2) is 79.0 Å². The zero-order valence-electron chi connectivity index (χ0n) is 21.0. The Kier molecular flexibility index (Phi) is 10.7. The first kappa shape index (κ1) is 30.6. The highest BCUT2D eigenvalue weighted by atomic mass is 19.3.